The number of rotatable bonds is 3. The Kier molecular flexibility index (Phi) is 3.85. The highest BCUT2D eigenvalue weighted by Crippen LogP contribution is 2.36. The van der Waals surface area contributed by atoms with Gasteiger partial charge in [0.15, 0.2) is 0 Å². The molecule has 120 valence electrons. The number of thiophene rings is 1. The summed E-state index contributed by atoms with van der Waals surface area (Å²) in [5.74, 6) is -1.13. The Labute approximate surface area is 137 Å². The fourth-order valence-electron chi connectivity index (χ4n) is 2.36. The fourth-order valence-corrected chi connectivity index (χ4v) is 3.70. The van der Waals surface area contributed by atoms with Crippen LogP contribution in [0.1, 0.15) is 21.5 Å². The molecule has 0 fully saturated rings. The zero-order valence-electron chi connectivity index (χ0n) is 11.4. The third kappa shape index (κ3) is 2.94. The number of nitrogens with zero attached hydrogens (tertiary/aromatic N) is 1. The number of benzene rings is 1. The van der Waals surface area contributed by atoms with E-state index in [1.54, 1.807) is 16.8 Å². The minimum Gasteiger partial charge on any atom is -0.478 e. The highest BCUT2D eigenvalue weighted by atomic mass is 35.5. The van der Waals surface area contributed by atoms with Crippen molar-refractivity contribution in [3.8, 4) is 0 Å². The second kappa shape index (κ2) is 5.58. The van der Waals surface area contributed by atoms with Crippen LogP contribution in [0, 0.1) is 0 Å². The van der Waals surface area contributed by atoms with E-state index < -0.39 is 17.7 Å². The Bertz CT molecular complexity index is 881. The topological polar surface area (TPSA) is 42.2 Å². The van der Waals surface area contributed by atoms with Crippen LogP contribution in [0.25, 0.3) is 10.2 Å². The predicted octanol–water partition coefficient (Wildman–Crippen LogP) is 5.12. The first-order chi connectivity index (χ1) is 10.8. The minimum absolute atomic E-state index is 0.0172. The third-order valence-corrected chi connectivity index (χ3v) is 4.76. The van der Waals surface area contributed by atoms with Crippen molar-refractivity contribution in [1.82, 2.24) is 4.57 Å². The van der Waals surface area contributed by atoms with Crippen LogP contribution in [0.5, 0.6) is 0 Å². The number of fused-ring (bicyclic) bond motifs is 1. The van der Waals surface area contributed by atoms with Crippen LogP contribution in [0.2, 0.25) is 4.34 Å². The Morgan fingerprint density at radius 2 is 1.87 bits per heavy atom. The largest absolute Gasteiger partial charge is 0.478 e. The van der Waals surface area contributed by atoms with Gasteiger partial charge in [0.2, 0.25) is 0 Å². The van der Waals surface area contributed by atoms with Gasteiger partial charge in [-0.1, -0.05) is 23.7 Å². The van der Waals surface area contributed by atoms with Gasteiger partial charge >= 0.3 is 12.1 Å². The van der Waals surface area contributed by atoms with Gasteiger partial charge in [0.1, 0.15) is 9.90 Å². The van der Waals surface area contributed by atoms with E-state index >= 15 is 0 Å². The van der Waals surface area contributed by atoms with E-state index in [0.29, 0.717) is 11.1 Å². The number of aromatic carboxylic acids is 1. The number of carbonyl (C=O) groups is 1. The van der Waals surface area contributed by atoms with E-state index in [-0.39, 0.29) is 16.4 Å². The van der Waals surface area contributed by atoms with Crippen LogP contribution in [-0.2, 0) is 12.7 Å². The number of alkyl halides is 3. The number of carboxylic acid groups (broad SMARTS) is 1. The molecule has 0 bridgehead atoms. The summed E-state index contributed by atoms with van der Waals surface area (Å²) in [6, 6.07) is 6.51. The quantitative estimate of drug-likeness (QED) is 0.705. The first kappa shape index (κ1) is 15.9. The lowest BCUT2D eigenvalue weighted by Gasteiger charge is -2.09. The predicted molar refractivity (Wildman–Crippen MR) is 82.3 cm³/mol. The molecule has 23 heavy (non-hydrogen) atoms. The van der Waals surface area contributed by atoms with Crippen molar-refractivity contribution >= 4 is 39.1 Å². The molecule has 3 aromatic rings. The summed E-state index contributed by atoms with van der Waals surface area (Å²) in [5.41, 5.74) is 0.411. The molecule has 0 aliphatic carbocycles. The lowest BCUT2D eigenvalue weighted by atomic mass is 10.1. The summed E-state index contributed by atoms with van der Waals surface area (Å²) in [6.07, 6.45) is -2.68. The Morgan fingerprint density at radius 3 is 2.43 bits per heavy atom. The van der Waals surface area contributed by atoms with Gasteiger partial charge < -0.3 is 9.67 Å². The number of aromatic nitrogens is 1. The SMILES string of the molecule is O=C(O)c1c(Cl)sc2ccn(Cc3ccc(C(F)(F)F)cc3)c12. The summed E-state index contributed by atoms with van der Waals surface area (Å²) >= 11 is 7.11. The fraction of sp³-hybridized carbons (Fsp3) is 0.133. The summed E-state index contributed by atoms with van der Waals surface area (Å²) in [4.78, 5) is 11.3. The molecule has 0 aliphatic rings. The normalized spacial score (nSPS) is 12.0. The smallest absolute Gasteiger partial charge is 0.416 e. The lowest BCUT2D eigenvalue weighted by Crippen LogP contribution is -2.06. The van der Waals surface area contributed by atoms with Gasteiger partial charge in [0.05, 0.1) is 15.8 Å². The van der Waals surface area contributed by atoms with Gasteiger partial charge in [-0.25, -0.2) is 4.79 Å². The highest BCUT2D eigenvalue weighted by molar-refractivity contribution is 7.23. The highest BCUT2D eigenvalue weighted by Gasteiger charge is 2.30. The number of carboxylic acids is 1. The van der Waals surface area contributed by atoms with E-state index in [0.717, 1.165) is 28.2 Å². The van der Waals surface area contributed by atoms with E-state index in [1.165, 1.54) is 12.1 Å². The van der Waals surface area contributed by atoms with Crippen molar-refractivity contribution in [2.75, 3.05) is 0 Å². The van der Waals surface area contributed by atoms with Crippen LogP contribution in [-0.4, -0.2) is 15.6 Å². The van der Waals surface area contributed by atoms with Crippen LogP contribution >= 0.6 is 22.9 Å². The molecule has 0 saturated heterocycles. The Hall–Kier alpha value is -1.99. The lowest BCUT2D eigenvalue weighted by molar-refractivity contribution is -0.137. The monoisotopic (exact) mass is 359 g/mol. The molecule has 0 amide bonds. The standard InChI is InChI=1S/C15H9ClF3NO2S/c16-13-11(14(21)22)12-10(23-13)5-6-20(12)7-8-1-3-9(4-2-8)15(17,18)19/h1-6H,7H2,(H,21,22). The van der Waals surface area contributed by atoms with Crippen molar-refractivity contribution in [2.24, 2.45) is 0 Å². The molecule has 1 N–H and O–H groups in total. The van der Waals surface area contributed by atoms with Crippen molar-refractivity contribution in [1.29, 1.82) is 0 Å². The molecule has 0 atom stereocenters. The van der Waals surface area contributed by atoms with E-state index in [4.69, 9.17) is 11.6 Å². The van der Waals surface area contributed by atoms with E-state index in [9.17, 15) is 23.1 Å². The summed E-state index contributed by atoms with van der Waals surface area (Å²) < 4.78 is 40.3. The Balaban J connectivity index is 1.97. The van der Waals surface area contributed by atoms with Gasteiger partial charge in [0, 0.05) is 12.7 Å². The van der Waals surface area contributed by atoms with Crippen LogP contribution < -0.4 is 0 Å². The summed E-state index contributed by atoms with van der Waals surface area (Å²) in [6.45, 7) is 0.259. The van der Waals surface area contributed by atoms with Crippen LogP contribution in [0.3, 0.4) is 0 Å². The van der Waals surface area contributed by atoms with Crippen molar-refractivity contribution < 1.29 is 23.1 Å². The average Bonchev–Trinajstić information content (AvgIpc) is 2.97. The minimum atomic E-state index is -4.38. The number of halogens is 4. The maximum absolute atomic E-state index is 12.6. The summed E-state index contributed by atoms with van der Waals surface area (Å²) in [5, 5.41) is 9.27. The number of hydrogen-bond acceptors (Lipinski definition) is 2. The Morgan fingerprint density at radius 1 is 1.22 bits per heavy atom. The molecule has 0 radical (unpaired) electrons. The zero-order valence-corrected chi connectivity index (χ0v) is 13.0. The maximum Gasteiger partial charge on any atom is 0.416 e. The van der Waals surface area contributed by atoms with E-state index in [1.807, 2.05) is 0 Å². The van der Waals surface area contributed by atoms with Gasteiger partial charge in [-0.2, -0.15) is 13.2 Å². The molecule has 2 heterocycles. The van der Waals surface area contributed by atoms with Gasteiger partial charge in [-0.3, -0.25) is 0 Å². The van der Waals surface area contributed by atoms with Gasteiger partial charge in [0.25, 0.3) is 0 Å². The first-order valence-corrected chi connectivity index (χ1v) is 7.63. The first-order valence-electron chi connectivity index (χ1n) is 6.44. The average molecular weight is 360 g/mol. The molecule has 3 rings (SSSR count). The van der Waals surface area contributed by atoms with Crippen LogP contribution in [0.4, 0.5) is 13.2 Å². The second-order valence-electron chi connectivity index (χ2n) is 4.91. The molecule has 0 spiro atoms. The molecular formula is C15H9ClF3NO2S. The molecule has 2 aromatic heterocycles. The second-order valence-corrected chi connectivity index (χ2v) is 6.56. The zero-order chi connectivity index (χ0) is 16.8. The molecule has 0 unspecified atom stereocenters. The molecule has 3 nitrogen and oxygen atoms in total. The van der Waals surface area contributed by atoms with E-state index in [2.05, 4.69) is 0 Å². The third-order valence-electron chi connectivity index (χ3n) is 3.41. The molecule has 1 aromatic carbocycles. The molecule has 8 heteroatoms. The van der Waals surface area contributed by atoms with Gasteiger partial charge in [-0.05, 0) is 23.8 Å². The molecule has 0 saturated carbocycles. The number of hydrogen-bond donors (Lipinski definition) is 1. The maximum atomic E-state index is 12.6. The van der Waals surface area contributed by atoms with Crippen molar-refractivity contribution in [3.05, 3.63) is 57.6 Å². The molecular weight excluding hydrogens is 351 g/mol. The molecule has 0 aliphatic heterocycles. The van der Waals surface area contributed by atoms with Crippen molar-refractivity contribution in [2.45, 2.75) is 12.7 Å². The summed E-state index contributed by atoms with van der Waals surface area (Å²) in [7, 11) is 0. The van der Waals surface area contributed by atoms with Crippen LogP contribution in [0.15, 0.2) is 36.5 Å². The van der Waals surface area contributed by atoms with Crippen molar-refractivity contribution in [3.63, 3.8) is 0 Å². The van der Waals surface area contributed by atoms with Gasteiger partial charge in [-0.15, -0.1) is 11.3 Å².